The van der Waals surface area contributed by atoms with Crippen molar-refractivity contribution in [1.29, 1.82) is 0 Å². The average molecular weight is 285 g/mol. The number of H-pyrrole nitrogens is 1. The van der Waals surface area contributed by atoms with Crippen LogP contribution in [0.5, 0.6) is 0 Å². The first-order valence-electron chi connectivity index (χ1n) is 7.28. The minimum absolute atomic E-state index is 0.0414. The van der Waals surface area contributed by atoms with E-state index in [9.17, 15) is 4.79 Å². The molecule has 110 valence electrons. The zero-order valence-corrected chi connectivity index (χ0v) is 11.8. The predicted octanol–water partition coefficient (Wildman–Crippen LogP) is 0.741. The van der Waals surface area contributed by atoms with E-state index in [2.05, 4.69) is 31.9 Å². The third-order valence-electron chi connectivity index (χ3n) is 3.73. The molecule has 1 aliphatic heterocycles. The molecule has 0 bridgehead atoms. The van der Waals surface area contributed by atoms with Crippen LogP contribution in [0.15, 0.2) is 30.6 Å². The van der Waals surface area contributed by atoms with Crippen LogP contribution in [0.4, 0.5) is 0 Å². The highest BCUT2D eigenvalue weighted by Gasteiger charge is 2.25. The fourth-order valence-electron chi connectivity index (χ4n) is 2.66. The molecule has 0 spiro atoms. The summed E-state index contributed by atoms with van der Waals surface area (Å²) >= 11 is 0. The number of amides is 1. The first-order valence-corrected chi connectivity index (χ1v) is 7.28. The Balaban J connectivity index is 1.52. The standard InChI is InChI=1S/C15H19N5O/c21-15(17-8-3-6-13-18-10-19-20-13)14-12-5-2-1-4-11(12)7-9-16-14/h1-2,4-5,10,14,16H,3,6-9H2,(H,17,21)(H,18,19,20). The number of fused-ring (bicyclic) bond motifs is 1. The smallest absolute Gasteiger partial charge is 0.241 e. The van der Waals surface area contributed by atoms with Crippen LogP contribution >= 0.6 is 0 Å². The molecule has 3 N–H and O–H groups in total. The Hall–Kier alpha value is -2.21. The summed E-state index contributed by atoms with van der Waals surface area (Å²) in [5, 5.41) is 12.9. The van der Waals surface area contributed by atoms with Gasteiger partial charge >= 0.3 is 0 Å². The van der Waals surface area contributed by atoms with Crippen LogP contribution in [0, 0.1) is 0 Å². The van der Waals surface area contributed by atoms with Crippen LogP contribution in [0.3, 0.4) is 0 Å². The summed E-state index contributed by atoms with van der Waals surface area (Å²) in [6, 6.07) is 7.90. The Kier molecular flexibility index (Phi) is 4.25. The molecule has 1 aromatic heterocycles. The molecule has 21 heavy (non-hydrogen) atoms. The van der Waals surface area contributed by atoms with E-state index >= 15 is 0 Å². The van der Waals surface area contributed by atoms with Gasteiger partial charge in [-0.1, -0.05) is 24.3 Å². The lowest BCUT2D eigenvalue weighted by atomic mass is 9.94. The number of hydrogen-bond donors (Lipinski definition) is 3. The SMILES string of the molecule is O=C(NCCCc1ncn[nH]1)C1NCCc2ccccc21. The van der Waals surface area contributed by atoms with Gasteiger partial charge < -0.3 is 10.6 Å². The summed E-state index contributed by atoms with van der Waals surface area (Å²) in [5.74, 6) is 0.894. The Morgan fingerprint density at radius 1 is 1.38 bits per heavy atom. The van der Waals surface area contributed by atoms with Gasteiger partial charge in [0.2, 0.25) is 5.91 Å². The lowest BCUT2D eigenvalue weighted by Gasteiger charge is -2.26. The molecule has 0 saturated heterocycles. The summed E-state index contributed by atoms with van der Waals surface area (Å²) in [4.78, 5) is 16.4. The third-order valence-corrected chi connectivity index (χ3v) is 3.73. The molecule has 2 aromatic rings. The second-order valence-electron chi connectivity index (χ2n) is 5.16. The lowest BCUT2D eigenvalue weighted by molar-refractivity contribution is -0.123. The first-order chi connectivity index (χ1) is 10.3. The Morgan fingerprint density at radius 2 is 2.29 bits per heavy atom. The first kappa shape index (κ1) is 13.8. The van der Waals surface area contributed by atoms with E-state index < -0.39 is 0 Å². The van der Waals surface area contributed by atoms with E-state index in [-0.39, 0.29) is 11.9 Å². The van der Waals surface area contributed by atoms with Crippen LogP contribution in [0.1, 0.15) is 29.4 Å². The van der Waals surface area contributed by atoms with Crippen LogP contribution < -0.4 is 10.6 Å². The molecule has 6 nitrogen and oxygen atoms in total. The van der Waals surface area contributed by atoms with Crippen LogP contribution in [0.25, 0.3) is 0 Å². The Labute approximate surface area is 123 Å². The van der Waals surface area contributed by atoms with E-state index in [4.69, 9.17) is 0 Å². The van der Waals surface area contributed by atoms with Crippen molar-refractivity contribution in [3.05, 3.63) is 47.5 Å². The molecule has 2 heterocycles. The summed E-state index contributed by atoms with van der Waals surface area (Å²) in [6.07, 6.45) is 4.10. The van der Waals surface area contributed by atoms with E-state index in [0.29, 0.717) is 6.54 Å². The van der Waals surface area contributed by atoms with E-state index in [1.807, 2.05) is 18.2 Å². The molecule has 0 aliphatic carbocycles. The molecule has 0 radical (unpaired) electrons. The maximum atomic E-state index is 12.3. The number of rotatable bonds is 5. The van der Waals surface area contributed by atoms with Gasteiger partial charge in [-0.25, -0.2) is 4.98 Å². The summed E-state index contributed by atoms with van der Waals surface area (Å²) < 4.78 is 0. The van der Waals surface area contributed by atoms with Crippen molar-refractivity contribution >= 4 is 5.91 Å². The number of carbonyl (C=O) groups is 1. The van der Waals surface area contributed by atoms with Crippen molar-refractivity contribution < 1.29 is 4.79 Å². The van der Waals surface area contributed by atoms with Gasteiger partial charge in [0, 0.05) is 19.5 Å². The number of aromatic nitrogens is 3. The molecule has 3 rings (SSSR count). The molecule has 6 heteroatoms. The van der Waals surface area contributed by atoms with Crippen LogP contribution in [-0.2, 0) is 17.6 Å². The highest BCUT2D eigenvalue weighted by molar-refractivity contribution is 5.83. The molecular weight excluding hydrogens is 266 g/mol. The van der Waals surface area contributed by atoms with Gasteiger partial charge in [-0.3, -0.25) is 9.89 Å². The second kappa shape index (κ2) is 6.49. The molecule has 1 aromatic carbocycles. The number of hydrogen-bond acceptors (Lipinski definition) is 4. The van der Waals surface area contributed by atoms with Gasteiger partial charge in [-0.2, -0.15) is 5.10 Å². The highest BCUT2D eigenvalue weighted by atomic mass is 16.2. The lowest BCUT2D eigenvalue weighted by Crippen LogP contribution is -2.41. The quantitative estimate of drug-likeness (QED) is 0.708. The van der Waals surface area contributed by atoms with Gasteiger partial charge in [-0.05, 0) is 24.0 Å². The maximum absolute atomic E-state index is 12.3. The number of nitrogens with one attached hydrogen (secondary N) is 3. The van der Waals surface area contributed by atoms with E-state index in [1.165, 1.54) is 11.9 Å². The van der Waals surface area contributed by atoms with Crippen molar-refractivity contribution in [2.24, 2.45) is 0 Å². The summed E-state index contributed by atoms with van der Waals surface area (Å²) in [5.41, 5.74) is 2.36. The number of aryl methyl sites for hydroxylation is 1. The average Bonchev–Trinajstić information content (AvgIpc) is 3.04. The monoisotopic (exact) mass is 285 g/mol. The Bertz CT molecular complexity index is 596. The summed E-state index contributed by atoms with van der Waals surface area (Å²) in [7, 11) is 0. The van der Waals surface area contributed by atoms with Crippen molar-refractivity contribution in [1.82, 2.24) is 25.8 Å². The zero-order chi connectivity index (χ0) is 14.5. The fourth-order valence-corrected chi connectivity index (χ4v) is 2.66. The van der Waals surface area contributed by atoms with Crippen LogP contribution in [-0.4, -0.2) is 34.2 Å². The predicted molar refractivity (Wildman–Crippen MR) is 78.6 cm³/mol. The van der Waals surface area contributed by atoms with Crippen molar-refractivity contribution in [2.75, 3.05) is 13.1 Å². The minimum Gasteiger partial charge on any atom is -0.354 e. The molecule has 0 fully saturated rings. The minimum atomic E-state index is -0.236. The van der Waals surface area contributed by atoms with Crippen molar-refractivity contribution in [3.8, 4) is 0 Å². The van der Waals surface area contributed by atoms with Crippen molar-refractivity contribution in [3.63, 3.8) is 0 Å². The second-order valence-corrected chi connectivity index (χ2v) is 5.16. The number of benzene rings is 1. The van der Waals surface area contributed by atoms with Gasteiger partial charge in [0.15, 0.2) is 0 Å². The Morgan fingerprint density at radius 3 is 3.14 bits per heavy atom. The van der Waals surface area contributed by atoms with E-state index in [0.717, 1.165) is 37.2 Å². The summed E-state index contributed by atoms with van der Waals surface area (Å²) in [6.45, 7) is 1.48. The fraction of sp³-hybridized carbons (Fsp3) is 0.400. The molecule has 1 amide bonds. The molecule has 1 atom stereocenters. The topological polar surface area (TPSA) is 82.7 Å². The third kappa shape index (κ3) is 3.28. The van der Waals surface area contributed by atoms with Gasteiger partial charge in [0.1, 0.15) is 18.2 Å². The molecular formula is C15H19N5O. The molecule has 1 aliphatic rings. The molecule has 1 unspecified atom stereocenters. The maximum Gasteiger partial charge on any atom is 0.241 e. The van der Waals surface area contributed by atoms with E-state index in [1.54, 1.807) is 0 Å². The van der Waals surface area contributed by atoms with Crippen molar-refractivity contribution in [2.45, 2.75) is 25.3 Å². The number of aromatic amines is 1. The van der Waals surface area contributed by atoms with Gasteiger partial charge in [-0.15, -0.1) is 0 Å². The number of nitrogens with zero attached hydrogens (tertiary/aromatic N) is 2. The molecule has 0 saturated carbocycles. The largest absolute Gasteiger partial charge is 0.354 e. The zero-order valence-electron chi connectivity index (χ0n) is 11.8. The van der Waals surface area contributed by atoms with Gasteiger partial charge in [0.05, 0.1) is 0 Å². The number of carbonyl (C=O) groups excluding carboxylic acids is 1. The normalized spacial score (nSPS) is 17.2. The van der Waals surface area contributed by atoms with Gasteiger partial charge in [0.25, 0.3) is 0 Å². The van der Waals surface area contributed by atoms with Crippen LogP contribution in [0.2, 0.25) is 0 Å². The highest BCUT2D eigenvalue weighted by Crippen LogP contribution is 2.22.